The summed E-state index contributed by atoms with van der Waals surface area (Å²) in [5.74, 6) is -0.465. The maximum absolute atomic E-state index is 12.7. The third-order valence-corrected chi connectivity index (χ3v) is 4.11. The second-order valence-corrected chi connectivity index (χ2v) is 5.90. The quantitative estimate of drug-likeness (QED) is 0.948. The van der Waals surface area contributed by atoms with E-state index in [9.17, 15) is 9.59 Å². The number of nitrogens with one attached hydrogen (secondary N) is 1. The SMILES string of the molecule is CC(=O)N(C(=O)Cc1ccc(C)cc1)c1cccc2c1NCC2. The number of carbonyl (C=O) groups excluding carboxylic acids is 2. The summed E-state index contributed by atoms with van der Waals surface area (Å²) in [7, 11) is 0. The molecular weight excluding hydrogens is 288 g/mol. The van der Waals surface area contributed by atoms with E-state index in [1.165, 1.54) is 11.8 Å². The van der Waals surface area contributed by atoms with Gasteiger partial charge >= 0.3 is 0 Å². The maximum atomic E-state index is 12.7. The molecule has 1 aliphatic heterocycles. The summed E-state index contributed by atoms with van der Waals surface area (Å²) >= 11 is 0. The minimum atomic E-state index is -0.260. The molecule has 0 radical (unpaired) electrons. The normalized spacial score (nSPS) is 12.4. The summed E-state index contributed by atoms with van der Waals surface area (Å²) in [5.41, 5.74) is 4.77. The highest BCUT2D eigenvalue weighted by Crippen LogP contribution is 2.33. The van der Waals surface area contributed by atoms with E-state index >= 15 is 0 Å². The molecule has 23 heavy (non-hydrogen) atoms. The molecule has 4 nitrogen and oxygen atoms in total. The van der Waals surface area contributed by atoms with Gasteiger partial charge in [-0.1, -0.05) is 42.0 Å². The third kappa shape index (κ3) is 3.11. The average Bonchev–Trinajstić information content (AvgIpc) is 2.99. The van der Waals surface area contributed by atoms with E-state index < -0.39 is 0 Å². The van der Waals surface area contributed by atoms with Gasteiger partial charge in [-0.15, -0.1) is 0 Å². The zero-order valence-corrected chi connectivity index (χ0v) is 13.4. The fourth-order valence-electron chi connectivity index (χ4n) is 2.95. The molecule has 0 spiro atoms. The van der Waals surface area contributed by atoms with Crippen molar-refractivity contribution in [2.45, 2.75) is 26.7 Å². The van der Waals surface area contributed by atoms with Gasteiger partial charge in [0.25, 0.3) is 0 Å². The van der Waals surface area contributed by atoms with Crippen molar-refractivity contribution in [3.63, 3.8) is 0 Å². The summed E-state index contributed by atoms with van der Waals surface area (Å²) < 4.78 is 0. The fourth-order valence-corrected chi connectivity index (χ4v) is 2.95. The van der Waals surface area contributed by atoms with Crippen LogP contribution >= 0.6 is 0 Å². The molecule has 1 N–H and O–H groups in total. The predicted octanol–water partition coefficient (Wildman–Crippen LogP) is 3.09. The van der Waals surface area contributed by atoms with Gasteiger partial charge in [-0.3, -0.25) is 9.59 Å². The summed E-state index contributed by atoms with van der Waals surface area (Å²) in [6, 6.07) is 13.6. The van der Waals surface area contributed by atoms with Gasteiger partial charge in [0.15, 0.2) is 0 Å². The average molecular weight is 308 g/mol. The van der Waals surface area contributed by atoms with Crippen LogP contribution in [-0.4, -0.2) is 18.4 Å². The summed E-state index contributed by atoms with van der Waals surface area (Å²) in [5, 5.41) is 3.28. The molecule has 0 saturated carbocycles. The lowest BCUT2D eigenvalue weighted by molar-refractivity contribution is -0.125. The number of anilines is 2. The molecule has 0 atom stereocenters. The number of para-hydroxylation sites is 1. The first kappa shape index (κ1) is 15.3. The van der Waals surface area contributed by atoms with Crippen LogP contribution < -0.4 is 10.2 Å². The van der Waals surface area contributed by atoms with Crippen LogP contribution in [0.25, 0.3) is 0 Å². The minimum Gasteiger partial charge on any atom is -0.383 e. The highest BCUT2D eigenvalue weighted by Gasteiger charge is 2.25. The Labute approximate surface area is 136 Å². The van der Waals surface area contributed by atoms with Crippen LogP contribution in [0.2, 0.25) is 0 Å². The smallest absolute Gasteiger partial charge is 0.238 e. The number of imide groups is 1. The zero-order valence-electron chi connectivity index (χ0n) is 13.4. The number of benzene rings is 2. The van der Waals surface area contributed by atoms with E-state index in [0.717, 1.165) is 35.3 Å². The highest BCUT2D eigenvalue weighted by molar-refractivity contribution is 6.16. The number of nitrogens with zero attached hydrogens (tertiary/aromatic N) is 1. The van der Waals surface area contributed by atoms with Crippen molar-refractivity contribution < 1.29 is 9.59 Å². The van der Waals surface area contributed by atoms with Crippen LogP contribution in [0, 0.1) is 6.92 Å². The summed E-state index contributed by atoms with van der Waals surface area (Å²) in [6.07, 6.45) is 1.13. The summed E-state index contributed by atoms with van der Waals surface area (Å²) in [4.78, 5) is 26.1. The molecule has 0 aromatic heterocycles. The first-order valence-corrected chi connectivity index (χ1v) is 7.81. The maximum Gasteiger partial charge on any atom is 0.238 e. The molecule has 2 aromatic carbocycles. The van der Waals surface area contributed by atoms with Crippen molar-refractivity contribution in [2.24, 2.45) is 0 Å². The predicted molar refractivity (Wildman–Crippen MR) is 91.7 cm³/mol. The van der Waals surface area contributed by atoms with E-state index in [0.29, 0.717) is 5.69 Å². The molecule has 1 heterocycles. The van der Waals surface area contributed by atoms with Gasteiger partial charge in [-0.2, -0.15) is 0 Å². The summed E-state index contributed by atoms with van der Waals surface area (Å²) in [6.45, 7) is 4.28. The van der Waals surface area contributed by atoms with Gasteiger partial charge < -0.3 is 5.32 Å². The van der Waals surface area contributed by atoms with Crippen LogP contribution in [0.4, 0.5) is 11.4 Å². The number of aryl methyl sites for hydroxylation is 1. The molecule has 4 heteroatoms. The molecule has 0 bridgehead atoms. The van der Waals surface area contributed by atoms with Crippen molar-refractivity contribution >= 4 is 23.2 Å². The second-order valence-electron chi connectivity index (χ2n) is 5.90. The Bertz CT molecular complexity index is 750. The second kappa shape index (κ2) is 6.24. The monoisotopic (exact) mass is 308 g/mol. The Hall–Kier alpha value is -2.62. The number of rotatable bonds is 3. The Morgan fingerprint density at radius 3 is 2.57 bits per heavy atom. The molecule has 0 unspecified atom stereocenters. The Kier molecular flexibility index (Phi) is 4.15. The van der Waals surface area contributed by atoms with Crippen LogP contribution in [0.5, 0.6) is 0 Å². The number of amides is 2. The molecule has 0 aliphatic carbocycles. The van der Waals surface area contributed by atoms with Crippen LogP contribution in [0.15, 0.2) is 42.5 Å². The van der Waals surface area contributed by atoms with Crippen molar-refractivity contribution in [1.29, 1.82) is 0 Å². The molecule has 3 rings (SSSR count). The zero-order chi connectivity index (χ0) is 16.4. The minimum absolute atomic E-state index is 0.205. The van der Waals surface area contributed by atoms with E-state index in [1.54, 1.807) is 0 Å². The molecular formula is C19H20N2O2. The standard InChI is InChI=1S/C19H20N2O2/c1-13-6-8-15(9-7-13)12-18(23)21(14(2)22)17-5-3-4-16-10-11-20-19(16)17/h3-9,20H,10-12H2,1-2H3. The lowest BCUT2D eigenvalue weighted by Crippen LogP contribution is -2.36. The van der Waals surface area contributed by atoms with Gasteiger partial charge in [0.2, 0.25) is 11.8 Å². The number of hydrogen-bond acceptors (Lipinski definition) is 3. The van der Waals surface area contributed by atoms with Crippen molar-refractivity contribution in [2.75, 3.05) is 16.8 Å². The fraction of sp³-hybridized carbons (Fsp3) is 0.263. The first-order valence-electron chi connectivity index (χ1n) is 7.81. The lowest BCUT2D eigenvalue weighted by Gasteiger charge is -2.22. The van der Waals surface area contributed by atoms with Crippen molar-refractivity contribution in [3.8, 4) is 0 Å². The van der Waals surface area contributed by atoms with E-state index in [4.69, 9.17) is 0 Å². The van der Waals surface area contributed by atoms with E-state index in [-0.39, 0.29) is 18.2 Å². The Morgan fingerprint density at radius 1 is 1.13 bits per heavy atom. The van der Waals surface area contributed by atoms with Gasteiger partial charge in [-0.25, -0.2) is 4.90 Å². The molecule has 2 amide bonds. The number of fused-ring (bicyclic) bond motifs is 1. The Balaban J connectivity index is 1.90. The van der Waals surface area contributed by atoms with Crippen LogP contribution in [-0.2, 0) is 22.4 Å². The van der Waals surface area contributed by atoms with E-state index in [1.807, 2.05) is 49.4 Å². The van der Waals surface area contributed by atoms with Crippen LogP contribution in [0.1, 0.15) is 23.6 Å². The molecule has 118 valence electrons. The Morgan fingerprint density at radius 2 is 1.87 bits per heavy atom. The molecule has 1 aliphatic rings. The van der Waals surface area contributed by atoms with Gasteiger partial charge in [0.05, 0.1) is 17.8 Å². The number of hydrogen-bond donors (Lipinski definition) is 1. The molecule has 0 fully saturated rings. The van der Waals surface area contributed by atoms with Gasteiger partial charge in [0, 0.05) is 13.5 Å². The van der Waals surface area contributed by atoms with Crippen LogP contribution in [0.3, 0.4) is 0 Å². The van der Waals surface area contributed by atoms with Gasteiger partial charge in [-0.05, 0) is 30.5 Å². The third-order valence-electron chi connectivity index (χ3n) is 4.11. The molecule has 2 aromatic rings. The van der Waals surface area contributed by atoms with Crippen molar-refractivity contribution in [1.82, 2.24) is 0 Å². The highest BCUT2D eigenvalue weighted by atomic mass is 16.2. The van der Waals surface area contributed by atoms with Crippen molar-refractivity contribution in [3.05, 3.63) is 59.2 Å². The molecule has 0 saturated heterocycles. The van der Waals surface area contributed by atoms with E-state index in [2.05, 4.69) is 5.32 Å². The number of carbonyl (C=O) groups is 2. The topological polar surface area (TPSA) is 49.4 Å². The lowest BCUT2D eigenvalue weighted by atomic mass is 10.1. The van der Waals surface area contributed by atoms with Gasteiger partial charge in [0.1, 0.15) is 0 Å². The largest absolute Gasteiger partial charge is 0.383 e. The first-order chi connectivity index (χ1) is 11.1.